The topological polar surface area (TPSA) is 58.2 Å². The number of carbonyl (C=O) groups is 2. The average Bonchev–Trinajstić information content (AvgIpc) is 2.12. The standard InChI is InChI=1S/C8H15ClN2O2/c1-2-5-10-8(13)6-11-7(12)3-4-9/h2-6H2,1H3,(H,10,13)(H,11,12). The predicted octanol–water partition coefficient (Wildman–Crippen LogP) is 0.258. The van der Waals surface area contributed by atoms with Crippen LogP contribution in [0, 0.1) is 0 Å². The second-order valence-corrected chi connectivity index (χ2v) is 2.94. The third-order valence-corrected chi connectivity index (χ3v) is 1.53. The van der Waals surface area contributed by atoms with Crippen LogP contribution in [0.3, 0.4) is 0 Å². The van der Waals surface area contributed by atoms with Gasteiger partial charge in [-0.2, -0.15) is 0 Å². The fraction of sp³-hybridized carbons (Fsp3) is 0.750. The number of halogens is 1. The highest BCUT2D eigenvalue weighted by Crippen LogP contribution is 1.83. The lowest BCUT2D eigenvalue weighted by molar-refractivity contribution is -0.125. The fourth-order valence-electron chi connectivity index (χ4n) is 0.680. The second kappa shape index (κ2) is 7.86. The first-order chi connectivity index (χ1) is 6.20. The van der Waals surface area contributed by atoms with Crippen molar-refractivity contribution in [2.45, 2.75) is 19.8 Å². The van der Waals surface area contributed by atoms with Gasteiger partial charge < -0.3 is 10.6 Å². The highest BCUT2D eigenvalue weighted by atomic mass is 35.5. The van der Waals surface area contributed by atoms with Gasteiger partial charge in [0.05, 0.1) is 6.54 Å². The normalized spacial score (nSPS) is 9.38. The van der Waals surface area contributed by atoms with Crippen LogP contribution in [0.1, 0.15) is 19.8 Å². The molecule has 4 nitrogen and oxygen atoms in total. The van der Waals surface area contributed by atoms with Gasteiger partial charge in [0.1, 0.15) is 0 Å². The molecule has 0 rings (SSSR count). The number of alkyl halides is 1. The van der Waals surface area contributed by atoms with E-state index in [1.165, 1.54) is 0 Å². The molecule has 0 aromatic heterocycles. The summed E-state index contributed by atoms with van der Waals surface area (Å²) in [5, 5.41) is 5.10. The zero-order chi connectivity index (χ0) is 10.1. The summed E-state index contributed by atoms with van der Waals surface area (Å²) in [5.41, 5.74) is 0. The van der Waals surface area contributed by atoms with Gasteiger partial charge in [0.2, 0.25) is 11.8 Å². The van der Waals surface area contributed by atoms with Gasteiger partial charge in [-0.15, -0.1) is 11.6 Å². The Bertz CT molecular complexity index is 174. The van der Waals surface area contributed by atoms with E-state index in [0.717, 1.165) is 6.42 Å². The van der Waals surface area contributed by atoms with Gasteiger partial charge in [0, 0.05) is 18.8 Å². The molecule has 2 N–H and O–H groups in total. The van der Waals surface area contributed by atoms with Crippen LogP contribution in [0.2, 0.25) is 0 Å². The Hall–Kier alpha value is -0.770. The third-order valence-electron chi connectivity index (χ3n) is 1.34. The lowest BCUT2D eigenvalue weighted by Gasteiger charge is -2.04. The minimum Gasteiger partial charge on any atom is -0.355 e. The van der Waals surface area contributed by atoms with E-state index in [2.05, 4.69) is 10.6 Å². The van der Waals surface area contributed by atoms with Crippen molar-refractivity contribution in [2.24, 2.45) is 0 Å². The van der Waals surface area contributed by atoms with Gasteiger partial charge >= 0.3 is 0 Å². The van der Waals surface area contributed by atoms with Crippen LogP contribution >= 0.6 is 11.6 Å². The summed E-state index contributed by atoms with van der Waals surface area (Å²) in [7, 11) is 0. The summed E-state index contributed by atoms with van der Waals surface area (Å²) >= 11 is 5.33. The summed E-state index contributed by atoms with van der Waals surface area (Å²) in [6.45, 7) is 2.65. The van der Waals surface area contributed by atoms with Gasteiger partial charge in [-0.25, -0.2) is 0 Å². The molecule has 0 aliphatic carbocycles. The number of nitrogens with one attached hydrogen (secondary N) is 2. The van der Waals surface area contributed by atoms with Crippen molar-refractivity contribution in [3.8, 4) is 0 Å². The Balaban J connectivity index is 3.40. The van der Waals surface area contributed by atoms with Crippen molar-refractivity contribution in [1.82, 2.24) is 10.6 Å². The molecule has 0 aliphatic heterocycles. The molecule has 0 saturated heterocycles. The second-order valence-electron chi connectivity index (χ2n) is 2.57. The first-order valence-corrected chi connectivity index (χ1v) is 4.83. The molecule has 76 valence electrons. The predicted molar refractivity (Wildman–Crippen MR) is 51.6 cm³/mol. The molecule has 0 saturated carbocycles. The molecule has 0 unspecified atom stereocenters. The SMILES string of the molecule is CCCNC(=O)CNC(=O)CCCl. The highest BCUT2D eigenvalue weighted by Gasteiger charge is 2.03. The third kappa shape index (κ3) is 7.59. The Morgan fingerprint density at radius 3 is 2.46 bits per heavy atom. The van der Waals surface area contributed by atoms with E-state index in [0.29, 0.717) is 6.54 Å². The molecule has 5 heteroatoms. The zero-order valence-corrected chi connectivity index (χ0v) is 8.49. The van der Waals surface area contributed by atoms with E-state index in [9.17, 15) is 9.59 Å². The molecular weight excluding hydrogens is 192 g/mol. The van der Waals surface area contributed by atoms with E-state index in [1.807, 2.05) is 6.92 Å². The summed E-state index contributed by atoms with van der Waals surface area (Å²) in [6.07, 6.45) is 1.14. The molecule has 0 fully saturated rings. The highest BCUT2D eigenvalue weighted by molar-refractivity contribution is 6.18. The smallest absolute Gasteiger partial charge is 0.239 e. The molecule has 0 aromatic rings. The van der Waals surface area contributed by atoms with Crippen LogP contribution < -0.4 is 10.6 Å². The maximum Gasteiger partial charge on any atom is 0.239 e. The Morgan fingerprint density at radius 2 is 1.92 bits per heavy atom. The monoisotopic (exact) mass is 206 g/mol. The lowest BCUT2D eigenvalue weighted by atomic mass is 10.4. The van der Waals surface area contributed by atoms with Crippen LogP contribution in [0.15, 0.2) is 0 Å². The van der Waals surface area contributed by atoms with Crippen LogP contribution in [0.4, 0.5) is 0 Å². The van der Waals surface area contributed by atoms with Crippen molar-refractivity contribution in [3.05, 3.63) is 0 Å². The van der Waals surface area contributed by atoms with E-state index in [4.69, 9.17) is 11.6 Å². The Labute approximate surface area is 83.0 Å². The fourth-order valence-corrected chi connectivity index (χ4v) is 0.852. The maximum atomic E-state index is 11.0. The van der Waals surface area contributed by atoms with Crippen molar-refractivity contribution in [2.75, 3.05) is 19.0 Å². The van der Waals surface area contributed by atoms with E-state index in [1.54, 1.807) is 0 Å². The molecule has 0 radical (unpaired) electrons. The van der Waals surface area contributed by atoms with E-state index < -0.39 is 0 Å². The van der Waals surface area contributed by atoms with E-state index in [-0.39, 0.29) is 30.7 Å². The van der Waals surface area contributed by atoms with Gasteiger partial charge in [-0.1, -0.05) is 6.92 Å². The van der Waals surface area contributed by atoms with Crippen molar-refractivity contribution in [3.63, 3.8) is 0 Å². The van der Waals surface area contributed by atoms with Gasteiger partial charge in [-0.05, 0) is 6.42 Å². The van der Waals surface area contributed by atoms with E-state index >= 15 is 0 Å². The number of hydrogen-bond acceptors (Lipinski definition) is 2. The Morgan fingerprint density at radius 1 is 1.23 bits per heavy atom. The van der Waals surface area contributed by atoms with Crippen molar-refractivity contribution >= 4 is 23.4 Å². The van der Waals surface area contributed by atoms with Crippen LogP contribution in [-0.4, -0.2) is 30.8 Å². The Kier molecular flexibility index (Phi) is 7.39. The molecule has 0 aliphatic rings. The summed E-state index contributed by atoms with van der Waals surface area (Å²) in [6, 6.07) is 0. The van der Waals surface area contributed by atoms with Crippen LogP contribution in [0.5, 0.6) is 0 Å². The zero-order valence-electron chi connectivity index (χ0n) is 7.73. The quantitative estimate of drug-likeness (QED) is 0.613. The summed E-state index contributed by atoms with van der Waals surface area (Å²) in [4.78, 5) is 21.8. The number of carbonyl (C=O) groups excluding carboxylic acids is 2. The molecule has 2 amide bonds. The number of rotatable bonds is 6. The van der Waals surface area contributed by atoms with Gasteiger partial charge in [0.25, 0.3) is 0 Å². The van der Waals surface area contributed by atoms with Crippen molar-refractivity contribution in [1.29, 1.82) is 0 Å². The van der Waals surface area contributed by atoms with Crippen molar-refractivity contribution < 1.29 is 9.59 Å². The van der Waals surface area contributed by atoms with Gasteiger partial charge in [-0.3, -0.25) is 9.59 Å². The minimum absolute atomic E-state index is 0.0374. The molecule has 0 bridgehead atoms. The largest absolute Gasteiger partial charge is 0.355 e. The van der Waals surface area contributed by atoms with Gasteiger partial charge in [0.15, 0.2) is 0 Å². The molecule has 0 spiro atoms. The minimum atomic E-state index is -0.193. The summed E-state index contributed by atoms with van der Waals surface area (Å²) < 4.78 is 0. The average molecular weight is 207 g/mol. The molecule has 13 heavy (non-hydrogen) atoms. The molecule has 0 aromatic carbocycles. The molecule has 0 atom stereocenters. The maximum absolute atomic E-state index is 11.0. The molecule has 0 heterocycles. The first kappa shape index (κ1) is 12.2. The number of amides is 2. The summed E-state index contributed by atoms with van der Waals surface area (Å²) in [5.74, 6) is -0.0750. The lowest BCUT2D eigenvalue weighted by Crippen LogP contribution is -2.37. The first-order valence-electron chi connectivity index (χ1n) is 4.30. The molecular formula is C8H15ClN2O2. The van der Waals surface area contributed by atoms with Crippen LogP contribution in [-0.2, 0) is 9.59 Å². The number of hydrogen-bond donors (Lipinski definition) is 2. The van der Waals surface area contributed by atoms with Crippen LogP contribution in [0.25, 0.3) is 0 Å².